The summed E-state index contributed by atoms with van der Waals surface area (Å²) < 4.78 is 54.4. The maximum Gasteiger partial charge on any atom is 0.417 e. The van der Waals surface area contributed by atoms with E-state index in [1.165, 1.54) is 29.7 Å². The van der Waals surface area contributed by atoms with E-state index in [0.29, 0.717) is 28.7 Å². The summed E-state index contributed by atoms with van der Waals surface area (Å²) in [5.74, 6) is 3.42. The minimum absolute atomic E-state index is 0.0304. The van der Waals surface area contributed by atoms with Gasteiger partial charge in [0.2, 0.25) is 0 Å². The molecule has 1 aliphatic rings. The van der Waals surface area contributed by atoms with E-state index in [1.807, 2.05) is 12.1 Å². The maximum absolute atomic E-state index is 14.0. The van der Waals surface area contributed by atoms with Crippen LogP contribution in [0.5, 0.6) is 0 Å². The SMILES string of the molecule is CN=NC(=NN)NC(=O)c1ccc(CN(C(=O)Nc2nc3cc(F)cc(C(F)(F)F)c3s2)c2ccc(C3=CCCCC3)cc2)cc1. The molecule has 3 aromatic carbocycles. The zero-order valence-corrected chi connectivity index (χ0v) is 25.3. The number of fused-ring (bicyclic) bond motifs is 1. The van der Waals surface area contributed by atoms with Crippen molar-refractivity contribution < 1.29 is 27.2 Å². The number of anilines is 2. The van der Waals surface area contributed by atoms with Gasteiger partial charge in [-0.2, -0.15) is 18.3 Å². The Labute approximate surface area is 264 Å². The van der Waals surface area contributed by atoms with Crippen LogP contribution in [-0.2, 0) is 12.7 Å². The van der Waals surface area contributed by atoms with Crippen molar-refractivity contribution >= 4 is 55.8 Å². The first-order valence-electron chi connectivity index (χ1n) is 14.1. The van der Waals surface area contributed by atoms with Gasteiger partial charge in [0, 0.05) is 24.4 Å². The lowest BCUT2D eigenvalue weighted by Gasteiger charge is -2.23. The Kier molecular flexibility index (Phi) is 9.70. The molecule has 1 aliphatic carbocycles. The molecule has 0 bridgehead atoms. The summed E-state index contributed by atoms with van der Waals surface area (Å²) in [5.41, 5.74) is 2.29. The number of rotatable bonds is 6. The van der Waals surface area contributed by atoms with E-state index in [9.17, 15) is 27.2 Å². The molecule has 10 nitrogen and oxygen atoms in total. The van der Waals surface area contributed by atoms with Crippen LogP contribution in [0.3, 0.4) is 0 Å². The van der Waals surface area contributed by atoms with E-state index >= 15 is 0 Å². The van der Waals surface area contributed by atoms with Crippen LogP contribution >= 0.6 is 11.3 Å². The van der Waals surface area contributed by atoms with Crippen molar-refractivity contribution in [1.82, 2.24) is 10.3 Å². The quantitative estimate of drug-likeness (QED) is 0.0491. The topological polar surface area (TPSA) is 137 Å². The number of aromatic nitrogens is 1. The van der Waals surface area contributed by atoms with Gasteiger partial charge in [0.1, 0.15) is 5.82 Å². The van der Waals surface area contributed by atoms with Crippen molar-refractivity contribution in [3.63, 3.8) is 0 Å². The number of urea groups is 1. The molecule has 0 unspecified atom stereocenters. The smallest absolute Gasteiger partial charge is 0.320 e. The summed E-state index contributed by atoms with van der Waals surface area (Å²) in [5, 5.41) is 15.4. The van der Waals surface area contributed by atoms with E-state index in [1.54, 1.807) is 24.3 Å². The van der Waals surface area contributed by atoms with Crippen molar-refractivity contribution in [3.05, 3.63) is 94.8 Å². The summed E-state index contributed by atoms with van der Waals surface area (Å²) in [4.78, 5) is 31.7. The van der Waals surface area contributed by atoms with Crippen molar-refractivity contribution in [3.8, 4) is 0 Å². The number of carbonyl (C=O) groups is 2. The molecule has 0 fully saturated rings. The van der Waals surface area contributed by atoms with Gasteiger partial charge in [-0.05, 0) is 72.7 Å². The Morgan fingerprint density at radius 3 is 2.43 bits per heavy atom. The van der Waals surface area contributed by atoms with E-state index in [0.717, 1.165) is 37.3 Å². The molecule has 15 heteroatoms. The molecule has 5 rings (SSSR count). The molecule has 46 heavy (non-hydrogen) atoms. The monoisotopic (exact) mass is 652 g/mol. The average Bonchev–Trinajstić information content (AvgIpc) is 3.45. The number of carbonyl (C=O) groups excluding carboxylic acids is 2. The zero-order chi connectivity index (χ0) is 32.8. The summed E-state index contributed by atoms with van der Waals surface area (Å²) in [6, 6.07) is 14.4. The van der Waals surface area contributed by atoms with E-state index in [2.05, 4.69) is 37.0 Å². The number of guanidine groups is 1. The van der Waals surface area contributed by atoms with Gasteiger partial charge in [-0.25, -0.2) is 14.2 Å². The summed E-state index contributed by atoms with van der Waals surface area (Å²) >= 11 is 0.602. The second-order valence-corrected chi connectivity index (χ2v) is 11.3. The number of nitrogens with two attached hydrogens (primary N) is 1. The van der Waals surface area contributed by atoms with Crippen LogP contribution in [0.15, 0.2) is 82.1 Å². The summed E-state index contributed by atoms with van der Waals surface area (Å²) in [6.07, 6.45) is 1.61. The van der Waals surface area contributed by atoms with Gasteiger partial charge in [0.05, 0.1) is 22.3 Å². The second kappa shape index (κ2) is 13.9. The summed E-state index contributed by atoms with van der Waals surface area (Å²) in [6.45, 7) is 0.0304. The Morgan fingerprint density at radius 1 is 1.07 bits per heavy atom. The van der Waals surface area contributed by atoms with Crippen LogP contribution < -0.4 is 21.4 Å². The first-order chi connectivity index (χ1) is 22.0. The van der Waals surface area contributed by atoms with Crippen LogP contribution in [-0.4, -0.2) is 29.9 Å². The normalized spacial score (nSPS) is 13.9. The summed E-state index contributed by atoms with van der Waals surface area (Å²) in [7, 11) is 1.39. The Balaban J connectivity index is 1.42. The van der Waals surface area contributed by atoms with Crippen LogP contribution in [0.25, 0.3) is 15.8 Å². The predicted molar refractivity (Wildman–Crippen MR) is 169 cm³/mol. The van der Waals surface area contributed by atoms with Crippen LogP contribution in [0.4, 0.5) is 33.2 Å². The van der Waals surface area contributed by atoms with Gasteiger partial charge in [-0.3, -0.25) is 20.3 Å². The standard InChI is InChI=1S/C31H28F4N8O2S/c1-37-42-28(41-36)39-27(44)21-9-7-18(8-10-21)17-43(23-13-11-20(12-14-23)19-5-3-2-4-6-19)30(45)40-29-38-25-16-22(32)15-24(26(25)46-29)31(33,34)35/h5,7-16H,2-4,6,17,36H2,1H3,(H,38,40,45)(H,39,41,44). The first kappa shape index (κ1) is 32.2. The fourth-order valence-corrected chi connectivity index (χ4v) is 5.92. The zero-order valence-electron chi connectivity index (χ0n) is 24.4. The maximum atomic E-state index is 14.0. The van der Waals surface area contributed by atoms with Gasteiger partial charge >= 0.3 is 12.2 Å². The molecule has 4 aromatic rings. The minimum Gasteiger partial charge on any atom is -0.320 e. The molecule has 3 amide bonds. The highest BCUT2D eigenvalue weighted by Crippen LogP contribution is 2.39. The number of thiazole rings is 1. The molecular formula is C31H28F4N8O2S. The number of hydrazone groups is 1. The number of benzene rings is 3. The average molecular weight is 653 g/mol. The molecular weight excluding hydrogens is 624 g/mol. The van der Waals surface area contributed by atoms with Crippen molar-refractivity contribution in [2.24, 2.45) is 21.2 Å². The number of azo groups is 1. The molecule has 0 radical (unpaired) electrons. The molecule has 1 aromatic heterocycles. The molecule has 238 valence electrons. The highest BCUT2D eigenvalue weighted by Gasteiger charge is 2.35. The number of hydrogen-bond acceptors (Lipinski definition) is 7. The van der Waals surface area contributed by atoms with Gasteiger partial charge in [0.15, 0.2) is 5.13 Å². The van der Waals surface area contributed by atoms with Gasteiger partial charge in [0.25, 0.3) is 11.9 Å². The third-order valence-electron chi connectivity index (χ3n) is 7.16. The first-order valence-corrected chi connectivity index (χ1v) is 14.9. The molecule has 0 saturated carbocycles. The van der Waals surface area contributed by atoms with Crippen LogP contribution in [0, 0.1) is 5.82 Å². The van der Waals surface area contributed by atoms with E-state index in [4.69, 9.17) is 5.84 Å². The van der Waals surface area contributed by atoms with Gasteiger partial charge in [-0.1, -0.05) is 41.7 Å². The molecule has 0 spiro atoms. The third kappa shape index (κ3) is 7.54. The van der Waals surface area contributed by atoms with Crippen LogP contribution in [0.1, 0.15) is 52.7 Å². The van der Waals surface area contributed by atoms with E-state index in [-0.39, 0.29) is 33.4 Å². The Morgan fingerprint density at radius 2 is 1.80 bits per heavy atom. The number of nitrogens with zero attached hydrogens (tertiary/aromatic N) is 5. The molecule has 0 atom stereocenters. The fourth-order valence-electron chi connectivity index (χ4n) is 4.95. The van der Waals surface area contributed by atoms with Crippen molar-refractivity contribution in [1.29, 1.82) is 0 Å². The lowest BCUT2D eigenvalue weighted by atomic mass is 9.93. The van der Waals surface area contributed by atoms with Gasteiger partial charge < -0.3 is 5.84 Å². The van der Waals surface area contributed by atoms with Crippen molar-refractivity contribution in [2.45, 2.75) is 38.4 Å². The lowest BCUT2D eigenvalue weighted by molar-refractivity contribution is -0.136. The second-order valence-electron chi connectivity index (χ2n) is 10.3. The van der Waals surface area contributed by atoms with E-state index < -0.39 is 29.5 Å². The molecule has 0 saturated heterocycles. The Bertz CT molecular complexity index is 1830. The van der Waals surface area contributed by atoms with Gasteiger partial charge in [-0.15, -0.1) is 10.2 Å². The Hall–Kier alpha value is -5.18. The largest absolute Gasteiger partial charge is 0.417 e. The number of allylic oxidation sites excluding steroid dienone is 2. The number of halogens is 4. The highest BCUT2D eigenvalue weighted by molar-refractivity contribution is 7.22. The fraction of sp³-hybridized carbons (Fsp3) is 0.226. The number of alkyl halides is 3. The minimum atomic E-state index is -4.81. The number of nitrogens with one attached hydrogen (secondary N) is 2. The van der Waals surface area contributed by atoms with Crippen molar-refractivity contribution in [2.75, 3.05) is 17.3 Å². The highest BCUT2D eigenvalue weighted by atomic mass is 32.1. The molecule has 4 N–H and O–H groups in total. The number of amides is 3. The molecule has 1 heterocycles. The molecule has 0 aliphatic heterocycles. The predicted octanol–water partition coefficient (Wildman–Crippen LogP) is 7.69. The lowest BCUT2D eigenvalue weighted by Crippen LogP contribution is -2.34. The number of hydrogen-bond donors (Lipinski definition) is 3. The van der Waals surface area contributed by atoms with Crippen LogP contribution in [0.2, 0.25) is 0 Å². The third-order valence-corrected chi connectivity index (χ3v) is 8.18.